The lowest BCUT2D eigenvalue weighted by Gasteiger charge is -2.08. The average Bonchev–Trinajstić information content (AvgIpc) is 1.87. The second-order valence-corrected chi connectivity index (χ2v) is 4.19. The number of rotatable bonds is 4. The molecular formula is C5H12N2O3S. The Hall–Kier alpha value is -0.620. The van der Waals surface area contributed by atoms with Crippen LogP contribution in [0.15, 0.2) is 0 Å². The number of carbonyl (C=O) groups excluding carboxylic acids is 1. The topological polar surface area (TPSA) is 89.3 Å². The lowest BCUT2D eigenvalue weighted by molar-refractivity contribution is -0.119. The molecule has 0 aliphatic heterocycles. The van der Waals surface area contributed by atoms with Crippen molar-refractivity contribution in [1.29, 1.82) is 0 Å². The fraction of sp³-hybridized carbons (Fsp3) is 0.800. The maximum absolute atomic E-state index is 10.8. The van der Waals surface area contributed by atoms with Crippen molar-refractivity contribution in [3.63, 3.8) is 0 Å². The number of primary amides is 1. The van der Waals surface area contributed by atoms with Crippen LogP contribution in [0, 0.1) is 0 Å². The van der Waals surface area contributed by atoms with E-state index in [4.69, 9.17) is 5.73 Å². The van der Waals surface area contributed by atoms with Gasteiger partial charge < -0.3 is 5.73 Å². The van der Waals surface area contributed by atoms with Crippen molar-refractivity contribution in [2.24, 2.45) is 5.73 Å². The normalized spacial score (nSPS) is 14.4. The third kappa shape index (κ3) is 3.94. The molecule has 0 radical (unpaired) electrons. The first-order valence-electron chi connectivity index (χ1n) is 3.18. The Labute approximate surface area is 66.0 Å². The summed E-state index contributed by atoms with van der Waals surface area (Å²) in [6.45, 7) is 2.88. The Morgan fingerprint density at radius 3 is 2.36 bits per heavy atom. The smallest absolute Gasteiger partial charge is 0.235 e. The van der Waals surface area contributed by atoms with Crippen molar-refractivity contribution in [3.05, 3.63) is 0 Å². The molecule has 0 aromatic heterocycles. The zero-order chi connectivity index (χ0) is 9.07. The van der Waals surface area contributed by atoms with Crippen LogP contribution in [0.3, 0.4) is 0 Å². The van der Waals surface area contributed by atoms with Crippen molar-refractivity contribution in [2.75, 3.05) is 5.75 Å². The summed E-state index contributed by atoms with van der Waals surface area (Å²) >= 11 is 0. The zero-order valence-corrected chi connectivity index (χ0v) is 7.31. The number of hydrogen-bond acceptors (Lipinski definition) is 3. The number of nitrogens with two attached hydrogens (primary N) is 1. The van der Waals surface area contributed by atoms with Crippen molar-refractivity contribution >= 4 is 15.9 Å². The maximum atomic E-state index is 10.8. The third-order valence-electron chi connectivity index (χ3n) is 1.16. The highest BCUT2D eigenvalue weighted by atomic mass is 32.2. The number of carbonyl (C=O) groups is 1. The van der Waals surface area contributed by atoms with Crippen LogP contribution in [0.5, 0.6) is 0 Å². The predicted molar refractivity (Wildman–Crippen MR) is 41.3 cm³/mol. The standard InChI is InChI=1S/C5H12N2O3S/c1-3-11(9,10)7-4(2)5(6)8/h4,7H,3H2,1-2H3,(H2,6,8)/t4-/m1/s1. The van der Waals surface area contributed by atoms with Gasteiger partial charge >= 0.3 is 0 Å². The fourth-order valence-electron chi connectivity index (χ4n) is 0.411. The van der Waals surface area contributed by atoms with Gasteiger partial charge in [0.15, 0.2) is 0 Å². The SMILES string of the molecule is CCS(=O)(=O)N[C@H](C)C(N)=O. The van der Waals surface area contributed by atoms with E-state index in [0.29, 0.717) is 0 Å². The summed E-state index contributed by atoms with van der Waals surface area (Å²) in [5.74, 6) is -0.730. The van der Waals surface area contributed by atoms with E-state index in [2.05, 4.69) is 4.72 Å². The molecule has 0 unspecified atom stereocenters. The second kappa shape index (κ2) is 3.68. The van der Waals surface area contributed by atoms with Gasteiger partial charge in [0.05, 0.1) is 11.8 Å². The van der Waals surface area contributed by atoms with Gasteiger partial charge in [-0.2, -0.15) is 0 Å². The molecule has 11 heavy (non-hydrogen) atoms. The van der Waals surface area contributed by atoms with Crippen LogP contribution in [0.25, 0.3) is 0 Å². The van der Waals surface area contributed by atoms with Gasteiger partial charge in [-0.25, -0.2) is 13.1 Å². The van der Waals surface area contributed by atoms with Crippen LogP contribution >= 0.6 is 0 Å². The summed E-state index contributed by atoms with van der Waals surface area (Å²) in [5.41, 5.74) is 4.83. The molecule has 0 aromatic carbocycles. The van der Waals surface area contributed by atoms with Crippen molar-refractivity contribution in [2.45, 2.75) is 19.9 Å². The highest BCUT2D eigenvalue weighted by Gasteiger charge is 2.15. The third-order valence-corrected chi connectivity index (χ3v) is 2.64. The number of nitrogens with one attached hydrogen (secondary N) is 1. The van der Waals surface area contributed by atoms with Crippen LogP contribution < -0.4 is 10.5 Å². The zero-order valence-electron chi connectivity index (χ0n) is 6.49. The molecule has 5 nitrogen and oxygen atoms in total. The van der Waals surface area contributed by atoms with Crippen molar-refractivity contribution in [1.82, 2.24) is 4.72 Å². The maximum Gasteiger partial charge on any atom is 0.235 e. The molecule has 1 amide bonds. The van der Waals surface area contributed by atoms with Crippen LogP contribution in [0.4, 0.5) is 0 Å². The Balaban J connectivity index is 4.16. The molecule has 0 aliphatic carbocycles. The largest absolute Gasteiger partial charge is 0.368 e. The molecule has 0 rings (SSSR count). The van der Waals surface area contributed by atoms with Gasteiger partial charge in [-0.3, -0.25) is 4.79 Å². The summed E-state index contributed by atoms with van der Waals surface area (Å²) in [4.78, 5) is 10.4. The van der Waals surface area contributed by atoms with E-state index in [1.807, 2.05) is 0 Å². The summed E-state index contributed by atoms with van der Waals surface area (Å²) in [7, 11) is -3.31. The molecular weight excluding hydrogens is 168 g/mol. The van der Waals surface area contributed by atoms with Gasteiger partial charge in [-0.15, -0.1) is 0 Å². The molecule has 3 N–H and O–H groups in total. The van der Waals surface area contributed by atoms with E-state index in [1.165, 1.54) is 13.8 Å². The number of amides is 1. The van der Waals surface area contributed by atoms with Crippen LogP contribution in [-0.2, 0) is 14.8 Å². The first-order chi connectivity index (χ1) is 4.89. The summed E-state index contributed by atoms with van der Waals surface area (Å²) in [6.07, 6.45) is 0. The first kappa shape index (κ1) is 10.4. The number of sulfonamides is 1. The second-order valence-electron chi connectivity index (χ2n) is 2.15. The van der Waals surface area contributed by atoms with E-state index in [1.54, 1.807) is 0 Å². The molecule has 0 aliphatic rings. The van der Waals surface area contributed by atoms with Gasteiger partial charge in [-0.05, 0) is 13.8 Å². The molecule has 0 saturated carbocycles. The average molecular weight is 180 g/mol. The molecule has 1 atom stereocenters. The van der Waals surface area contributed by atoms with Crippen molar-refractivity contribution in [3.8, 4) is 0 Å². The lowest BCUT2D eigenvalue weighted by atomic mass is 10.4. The monoisotopic (exact) mass is 180 g/mol. The summed E-state index contributed by atoms with van der Waals surface area (Å²) in [5, 5.41) is 0. The fourth-order valence-corrected chi connectivity index (χ4v) is 1.23. The molecule has 0 bridgehead atoms. The van der Waals surface area contributed by atoms with Gasteiger partial charge in [0, 0.05) is 0 Å². The minimum absolute atomic E-state index is 0.0510. The Morgan fingerprint density at radius 1 is 1.64 bits per heavy atom. The summed E-state index contributed by atoms with van der Waals surface area (Å²) in [6, 6.07) is -0.833. The Morgan fingerprint density at radius 2 is 2.09 bits per heavy atom. The van der Waals surface area contributed by atoms with E-state index in [9.17, 15) is 13.2 Å². The lowest BCUT2D eigenvalue weighted by Crippen LogP contribution is -2.42. The predicted octanol–water partition coefficient (Wildman–Crippen LogP) is -1.20. The van der Waals surface area contributed by atoms with Gasteiger partial charge in [-0.1, -0.05) is 0 Å². The highest BCUT2D eigenvalue weighted by Crippen LogP contribution is 1.87. The Bertz CT molecular complexity index is 234. The molecule has 0 heterocycles. The molecule has 0 spiro atoms. The van der Waals surface area contributed by atoms with E-state index in [-0.39, 0.29) is 5.75 Å². The molecule has 6 heteroatoms. The van der Waals surface area contributed by atoms with Crippen LogP contribution in [-0.4, -0.2) is 26.1 Å². The van der Waals surface area contributed by atoms with Gasteiger partial charge in [0.25, 0.3) is 0 Å². The van der Waals surface area contributed by atoms with Gasteiger partial charge in [0.2, 0.25) is 15.9 Å². The van der Waals surface area contributed by atoms with E-state index >= 15 is 0 Å². The quantitative estimate of drug-likeness (QED) is 0.569. The minimum atomic E-state index is -3.31. The molecule has 0 aromatic rings. The van der Waals surface area contributed by atoms with E-state index in [0.717, 1.165) is 0 Å². The minimum Gasteiger partial charge on any atom is -0.368 e. The molecule has 0 saturated heterocycles. The Kier molecular flexibility index (Phi) is 3.47. The van der Waals surface area contributed by atoms with E-state index < -0.39 is 22.0 Å². The summed E-state index contributed by atoms with van der Waals surface area (Å²) < 4.78 is 23.7. The highest BCUT2D eigenvalue weighted by molar-refractivity contribution is 7.89. The number of hydrogen-bond donors (Lipinski definition) is 2. The molecule has 0 fully saturated rings. The van der Waals surface area contributed by atoms with Crippen LogP contribution in [0.2, 0.25) is 0 Å². The van der Waals surface area contributed by atoms with Gasteiger partial charge in [0.1, 0.15) is 0 Å². The van der Waals surface area contributed by atoms with Crippen molar-refractivity contribution < 1.29 is 13.2 Å². The van der Waals surface area contributed by atoms with Crippen LogP contribution in [0.1, 0.15) is 13.8 Å². The first-order valence-corrected chi connectivity index (χ1v) is 4.83. The molecule has 66 valence electrons.